The van der Waals surface area contributed by atoms with Crippen LogP contribution in [0, 0.1) is 3.95 Å². The average Bonchev–Trinajstić information content (AvgIpc) is 3.46. The highest BCUT2D eigenvalue weighted by atomic mass is 32.2. The fourth-order valence-electron chi connectivity index (χ4n) is 3.76. The van der Waals surface area contributed by atoms with Crippen LogP contribution in [0.4, 0.5) is 0 Å². The van der Waals surface area contributed by atoms with Gasteiger partial charge in [-0.3, -0.25) is 13.9 Å². The Bertz CT molecular complexity index is 1370. The Balaban J connectivity index is 1.70. The maximum absolute atomic E-state index is 13.7. The Morgan fingerprint density at radius 3 is 2.75 bits per heavy atom. The first kappa shape index (κ1) is 21.4. The highest BCUT2D eigenvalue weighted by Crippen LogP contribution is 2.29. The molecule has 0 unspecified atom stereocenters. The molecule has 1 atom stereocenters. The lowest BCUT2D eigenvalue weighted by molar-refractivity contribution is 0.129. The minimum atomic E-state index is -0.117. The van der Waals surface area contributed by atoms with E-state index >= 15 is 0 Å². The zero-order valence-corrected chi connectivity index (χ0v) is 19.8. The summed E-state index contributed by atoms with van der Waals surface area (Å²) in [6.45, 7) is 0.795. The van der Waals surface area contributed by atoms with Crippen molar-refractivity contribution in [1.29, 1.82) is 0 Å². The van der Waals surface area contributed by atoms with Crippen molar-refractivity contribution < 1.29 is 9.47 Å². The number of para-hydroxylation sites is 1. The maximum Gasteiger partial charge on any atom is 0.278 e. The second kappa shape index (κ2) is 9.19. The van der Waals surface area contributed by atoms with Crippen LogP contribution >= 0.6 is 35.3 Å². The molecule has 0 aliphatic carbocycles. The number of aromatic nitrogens is 3. The molecule has 0 N–H and O–H groups in total. The smallest absolute Gasteiger partial charge is 0.278 e. The molecule has 1 aliphatic rings. The number of nitrogens with zero attached hydrogens (tertiary/aromatic N) is 3. The van der Waals surface area contributed by atoms with Gasteiger partial charge in [0.15, 0.2) is 14.8 Å². The third-order valence-corrected chi connectivity index (χ3v) is 7.75. The molecular formula is C23H21N3O3S3. The van der Waals surface area contributed by atoms with Gasteiger partial charge in [0.1, 0.15) is 10.4 Å². The lowest BCUT2D eigenvalue weighted by atomic mass is 10.3. The van der Waals surface area contributed by atoms with Crippen LogP contribution in [0.25, 0.3) is 21.7 Å². The summed E-state index contributed by atoms with van der Waals surface area (Å²) in [5, 5.41) is 0.633. The lowest BCUT2D eigenvalue weighted by Crippen LogP contribution is -2.22. The van der Waals surface area contributed by atoms with Gasteiger partial charge in [-0.25, -0.2) is 4.98 Å². The van der Waals surface area contributed by atoms with Crippen molar-refractivity contribution in [2.24, 2.45) is 0 Å². The summed E-state index contributed by atoms with van der Waals surface area (Å²) in [6.07, 6.45) is 2.28. The quantitative estimate of drug-likeness (QED) is 0.212. The van der Waals surface area contributed by atoms with Crippen molar-refractivity contribution in [3.63, 3.8) is 0 Å². The van der Waals surface area contributed by atoms with Gasteiger partial charge in [-0.1, -0.05) is 47.4 Å². The number of hydrogen-bond donors (Lipinski definition) is 0. The monoisotopic (exact) mass is 483 g/mol. The van der Waals surface area contributed by atoms with Crippen LogP contribution in [0.15, 0.2) is 64.5 Å². The molecule has 4 aromatic rings. The van der Waals surface area contributed by atoms with Crippen molar-refractivity contribution >= 4 is 45.7 Å². The van der Waals surface area contributed by atoms with Gasteiger partial charge < -0.3 is 9.47 Å². The second-order valence-electron chi connectivity index (χ2n) is 7.37. The van der Waals surface area contributed by atoms with E-state index < -0.39 is 0 Å². The summed E-state index contributed by atoms with van der Waals surface area (Å²) in [5.74, 6) is 1.46. The Morgan fingerprint density at radius 1 is 1.19 bits per heavy atom. The first-order chi connectivity index (χ1) is 15.7. The van der Waals surface area contributed by atoms with Crippen LogP contribution in [0.2, 0.25) is 0 Å². The summed E-state index contributed by atoms with van der Waals surface area (Å²) in [5.41, 5.74) is 2.06. The van der Waals surface area contributed by atoms with E-state index in [-0.39, 0.29) is 11.7 Å². The third kappa shape index (κ3) is 4.01. The molecule has 164 valence electrons. The SMILES string of the molecule is COc1cccc(-n2c(=S)sc3c(=O)n(-c4ccccc4)c(SC[C@H]4CCCO4)nc32)c1. The minimum absolute atomic E-state index is 0.117. The molecule has 5 rings (SSSR count). The Kier molecular flexibility index (Phi) is 6.14. The second-order valence-corrected chi connectivity index (χ2v) is 10.0. The van der Waals surface area contributed by atoms with Gasteiger partial charge in [0, 0.05) is 18.4 Å². The fraction of sp³-hybridized carbons (Fsp3) is 0.261. The molecule has 0 spiro atoms. The first-order valence-corrected chi connectivity index (χ1v) is 12.5. The highest BCUT2D eigenvalue weighted by molar-refractivity contribution is 7.99. The van der Waals surface area contributed by atoms with Gasteiger partial charge in [0.05, 0.1) is 24.6 Å². The number of fused-ring (bicyclic) bond motifs is 1. The van der Waals surface area contributed by atoms with Crippen molar-refractivity contribution in [3.05, 3.63) is 68.9 Å². The van der Waals surface area contributed by atoms with Gasteiger partial charge in [-0.15, -0.1) is 0 Å². The van der Waals surface area contributed by atoms with Crippen LogP contribution in [0.5, 0.6) is 5.75 Å². The molecule has 1 fully saturated rings. The number of rotatable bonds is 6. The predicted molar refractivity (Wildman–Crippen MR) is 132 cm³/mol. The summed E-state index contributed by atoms with van der Waals surface area (Å²) >= 11 is 8.49. The minimum Gasteiger partial charge on any atom is -0.497 e. The molecule has 0 radical (unpaired) electrons. The van der Waals surface area contributed by atoms with Crippen molar-refractivity contribution in [1.82, 2.24) is 14.1 Å². The van der Waals surface area contributed by atoms with Crippen LogP contribution in [-0.2, 0) is 4.74 Å². The summed E-state index contributed by atoms with van der Waals surface area (Å²) in [4.78, 5) is 18.6. The van der Waals surface area contributed by atoms with Crippen LogP contribution in [0.3, 0.4) is 0 Å². The van der Waals surface area contributed by atoms with Gasteiger partial charge in [0.25, 0.3) is 5.56 Å². The van der Waals surface area contributed by atoms with E-state index in [2.05, 4.69) is 0 Å². The van der Waals surface area contributed by atoms with Crippen molar-refractivity contribution in [3.8, 4) is 17.1 Å². The predicted octanol–water partition coefficient (Wildman–Crippen LogP) is 5.25. The lowest BCUT2D eigenvalue weighted by Gasteiger charge is -2.14. The normalized spacial score (nSPS) is 16.0. The highest BCUT2D eigenvalue weighted by Gasteiger charge is 2.21. The number of hydrogen-bond acceptors (Lipinski definition) is 7. The van der Waals surface area contributed by atoms with Crippen LogP contribution in [-0.4, -0.2) is 39.7 Å². The van der Waals surface area contributed by atoms with Crippen LogP contribution in [0.1, 0.15) is 12.8 Å². The van der Waals surface area contributed by atoms with Crippen molar-refractivity contribution in [2.75, 3.05) is 19.5 Å². The molecule has 2 aromatic carbocycles. The van der Waals surface area contributed by atoms with E-state index in [0.29, 0.717) is 25.2 Å². The number of ether oxygens (including phenoxy) is 2. The zero-order chi connectivity index (χ0) is 22.1. The average molecular weight is 484 g/mol. The van der Waals surface area contributed by atoms with E-state index in [1.807, 2.05) is 59.2 Å². The molecule has 0 bridgehead atoms. The Morgan fingerprint density at radius 2 is 2.00 bits per heavy atom. The van der Waals surface area contributed by atoms with Gasteiger partial charge >= 0.3 is 0 Å². The largest absolute Gasteiger partial charge is 0.497 e. The van der Waals surface area contributed by atoms with Crippen LogP contribution < -0.4 is 10.3 Å². The zero-order valence-electron chi connectivity index (χ0n) is 17.4. The van der Waals surface area contributed by atoms with Gasteiger partial charge in [-0.05, 0) is 49.3 Å². The van der Waals surface area contributed by atoms with E-state index in [1.165, 1.54) is 11.3 Å². The standard InChI is InChI=1S/C23H21N3O3S3/c1-28-17-10-5-9-16(13-17)25-20-19(32-23(25)30)21(27)26(15-7-3-2-4-8-15)22(24-20)31-14-18-11-6-12-29-18/h2-5,7-10,13,18H,6,11-12,14H2,1H3/t18-/m1/s1. The van der Waals surface area contributed by atoms with E-state index in [0.717, 1.165) is 36.6 Å². The van der Waals surface area contributed by atoms with Gasteiger partial charge in [-0.2, -0.15) is 0 Å². The molecule has 3 heterocycles. The van der Waals surface area contributed by atoms with Gasteiger partial charge in [0.2, 0.25) is 0 Å². The molecule has 9 heteroatoms. The van der Waals surface area contributed by atoms with E-state index in [1.54, 1.807) is 23.4 Å². The fourth-order valence-corrected chi connectivity index (χ4v) is 6.13. The number of methoxy groups -OCH3 is 1. The molecule has 1 aliphatic heterocycles. The summed E-state index contributed by atoms with van der Waals surface area (Å²) < 4.78 is 15.8. The number of thioether (sulfide) groups is 1. The molecular weight excluding hydrogens is 462 g/mol. The Labute approximate surface area is 198 Å². The number of benzene rings is 2. The molecule has 6 nitrogen and oxygen atoms in total. The molecule has 32 heavy (non-hydrogen) atoms. The summed E-state index contributed by atoms with van der Waals surface area (Å²) in [6, 6.07) is 17.2. The molecule has 1 saturated heterocycles. The summed E-state index contributed by atoms with van der Waals surface area (Å²) in [7, 11) is 1.63. The third-order valence-electron chi connectivity index (χ3n) is 5.33. The number of thiazole rings is 1. The van der Waals surface area contributed by atoms with E-state index in [4.69, 9.17) is 26.7 Å². The molecule has 2 aromatic heterocycles. The van der Waals surface area contributed by atoms with E-state index in [9.17, 15) is 4.79 Å². The first-order valence-electron chi connectivity index (χ1n) is 10.3. The Hall–Kier alpha value is -2.46. The molecule has 0 amide bonds. The maximum atomic E-state index is 13.7. The topological polar surface area (TPSA) is 58.3 Å². The van der Waals surface area contributed by atoms with Crippen molar-refractivity contribution in [2.45, 2.75) is 24.1 Å². The molecule has 0 saturated carbocycles.